The second kappa shape index (κ2) is 7.53. The minimum atomic E-state index is -0.591. The van der Waals surface area contributed by atoms with Gasteiger partial charge in [0.25, 0.3) is 0 Å². The van der Waals surface area contributed by atoms with E-state index in [0.717, 1.165) is 5.39 Å². The van der Waals surface area contributed by atoms with Gasteiger partial charge in [0.2, 0.25) is 5.88 Å². The minimum absolute atomic E-state index is 0.403. The quantitative estimate of drug-likeness (QED) is 0.554. The number of pyridine rings is 2. The SMILES string of the molecule is O=C(Nc1ccc(Oc2ccccn2)cc1)Oc1cccc2cccnc12. The highest BCUT2D eigenvalue weighted by atomic mass is 16.6. The number of hydrogen-bond donors (Lipinski definition) is 1. The predicted molar refractivity (Wildman–Crippen MR) is 102 cm³/mol. The van der Waals surface area contributed by atoms with Gasteiger partial charge in [0, 0.05) is 29.5 Å². The standard InChI is InChI=1S/C21H15N3O3/c25-21(27-18-7-3-5-15-6-4-14-23-20(15)18)24-16-9-11-17(12-10-16)26-19-8-1-2-13-22-19/h1-14H,(H,24,25). The van der Waals surface area contributed by atoms with Crippen LogP contribution in [0.25, 0.3) is 10.9 Å². The number of nitrogens with one attached hydrogen (secondary N) is 1. The molecule has 132 valence electrons. The molecule has 2 aromatic heterocycles. The van der Waals surface area contributed by atoms with E-state index in [-0.39, 0.29) is 0 Å². The number of anilines is 1. The lowest BCUT2D eigenvalue weighted by atomic mass is 10.2. The van der Waals surface area contributed by atoms with Crippen molar-refractivity contribution in [3.05, 3.63) is 85.2 Å². The van der Waals surface area contributed by atoms with Gasteiger partial charge in [0.05, 0.1) is 0 Å². The first kappa shape index (κ1) is 16.5. The lowest BCUT2D eigenvalue weighted by molar-refractivity contribution is 0.215. The van der Waals surface area contributed by atoms with Crippen molar-refractivity contribution in [1.29, 1.82) is 0 Å². The number of hydrogen-bond acceptors (Lipinski definition) is 5. The molecular formula is C21H15N3O3. The molecule has 0 aliphatic heterocycles. The largest absolute Gasteiger partial charge is 0.439 e. The zero-order valence-electron chi connectivity index (χ0n) is 14.2. The molecule has 0 spiro atoms. The van der Waals surface area contributed by atoms with Crippen LogP contribution in [0.4, 0.5) is 10.5 Å². The van der Waals surface area contributed by atoms with Crippen LogP contribution in [0.1, 0.15) is 0 Å². The molecule has 1 N–H and O–H groups in total. The molecule has 4 aromatic rings. The number of nitrogens with zero attached hydrogens (tertiary/aromatic N) is 2. The third-order valence-corrected chi connectivity index (χ3v) is 3.76. The summed E-state index contributed by atoms with van der Waals surface area (Å²) in [4.78, 5) is 20.6. The van der Waals surface area contributed by atoms with Crippen molar-refractivity contribution in [1.82, 2.24) is 9.97 Å². The number of aromatic nitrogens is 2. The van der Waals surface area contributed by atoms with Crippen LogP contribution in [0.3, 0.4) is 0 Å². The summed E-state index contributed by atoms with van der Waals surface area (Å²) in [5, 5.41) is 3.59. The Morgan fingerprint density at radius 3 is 2.44 bits per heavy atom. The molecule has 6 nitrogen and oxygen atoms in total. The maximum Gasteiger partial charge on any atom is 0.417 e. The lowest BCUT2D eigenvalue weighted by Gasteiger charge is -2.09. The van der Waals surface area contributed by atoms with Crippen molar-refractivity contribution in [2.24, 2.45) is 0 Å². The second-order valence-corrected chi connectivity index (χ2v) is 5.64. The molecule has 0 bridgehead atoms. The summed E-state index contributed by atoms with van der Waals surface area (Å²) in [6.45, 7) is 0. The number of carbonyl (C=O) groups excluding carboxylic acids is 1. The van der Waals surface area contributed by atoms with Crippen LogP contribution in [0.15, 0.2) is 85.2 Å². The average Bonchev–Trinajstić information content (AvgIpc) is 2.71. The van der Waals surface area contributed by atoms with Gasteiger partial charge in [0.1, 0.15) is 11.3 Å². The first-order valence-electron chi connectivity index (χ1n) is 8.29. The van der Waals surface area contributed by atoms with E-state index in [4.69, 9.17) is 9.47 Å². The third-order valence-electron chi connectivity index (χ3n) is 3.76. The van der Waals surface area contributed by atoms with Gasteiger partial charge in [-0.05, 0) is 42.5 Å². The molecule has 0 radical (unpaired) electrons. The Kier molecular flexibility index (Phi) is 4.61. The smallest absolute Gasteiger partial charge is 0.417 e. The van der Waals surface area contributed by atoms with Crippen LogP contribution >= 0.6 is 0 Å². The molecule has 0 atom stereocenters. The second-order valence-electron chi connectivity index (χ2n) is 5.64. The molecule has 0 aliphatic carbocycles. The Hall–Kier alpha value is -3.93. The molecule has 6 heteroatoms. The highest BCUT2D eigenvalue weighted by Crippen LogP contribution is 2.24. The predicted octanol–water partition coefficient (Wildman–Crippen LogP) is 5.03. The lowest BCUT2D eigenvalue weighted by Crippen LogP contribution is -2.16. The Labute approximate surface area is 155 Å². The molecule has 2 aromatic carbocycles. The van der Waals surface area contributed by atoms with Gasteiger partial charge in [-0.1, -0.05) is 24.3 Å². The van der Waals surface area contributed by atoms with E-state index in [1.54, 1.807) is 48.8 Å². The molecule has 0 unspecified atom stereocenters. The number of fused-ring (bicyclic) bond motifs is 1. The summed E-state index contributed by atoms with van der Waals surface area (Å²) in [5.74, 6) is 1.52. The molecule has 1 amide bonds. The van der Waals surface area contributed by atoms with Crippen LogP contribution in [-0.2, 0) is 0 Å². The first-order valence-corrected chi connectivity index (χ1v) is 8.29. The fourth-order valence-corrected chi connectivity index (χ4v) is 2.54. The molecule has 0 saturated carbocycles. The van der Waals surface area contributed by atoms with Gasteiger partial charge in [0.15, 0.2) is 5.75 Å². The number of para-hydroxylation sites is 1. The zero-order valence-corrected chi connectivity index (χ0v) is 14.2. The molecule has 4 rings (SSSR count). The van der Waals surface area contributed by atoms with Gasteiger partial charge in [-0.2, -0.15) is 0 Å². The fourth-order valence-electron chi connectivity index (χ4n) is 2.54. The highest BCUT2D eigenvalue weighted by molar-refractivity contribution is 5.91. The van der Waals surface area contributed by atoms with E-state index >= 15 is 0 Å². The van der Waals surface area contributed by atoms with Crippen molar-refractivity contribution >= 4 is 22.7 Å². The number of ether oxygens (including phenoxy) is 2. The Balaban J connectivity index is 1.42. The number of amides is 1. The fraction of sp³-hybridized carbons (Fsp3) is 0. The first-order chi connectivity index (χ1) is 13.3. The topological polar surface area (TPSA) is 73.3 Å². The molecule has 27 heavy (non-hydrogen) atoms. The van der Waals surface area contributed by atoms with Gasteiger partial charge in [-0.25, -0.2) is 9.78 Å². The third kappa shape index (κ3) is 4.01. The van der Waals surface area contributed by atoms with E-state index in [1.807, 2.05) is 36.4 Å². The van der Waals surface area contributed by atoms with Crippen molar-refractivity contribution in [3.8, 4) is 17.4 Å². The van der Waals surface area contributed by atoms with Crippen LogP contribution in [0.5, 0.6) is 17.4 Å². The van der Waals surface area contributed by atoms with Crippen LogP contribution in [-0.4, -0.2) is 16.1 Å². The Morgan fingerprint density at radius 2 is 1.63 bits per heavy atom. The maximum absolute atomic E-state index is 12.2. The van der Waals surface area contributed by atoms with E-state index in [9.17, 15) is 4.79 Å². The normalized spacial score (nSPS) is 10.4. The summed E-state index contributed by atoms with van der Waals surface area (Å²) in [6.07, 6.45) is 2.73. The molecule has 2 heterocycles. The monoisotopic (exact) mass is 357 g/mol. The Morgan fingerprint density at radius 1 is 0.815 bits per heavy atom. The van der Waals surface area contributed by atoms with E-state index < -0.39 is 6.09 Å². The van der Waals surface area contributed by atoms with E-state index in [1.165, 1.54) is 0 Å². The number of rotatable bonds is 4. The highest BCUT2D eigenvalue weighted by Gasteiger charge is 2.09. The molecule has 0 saturated heterocycles. The summed E-state index contributed by atoms with van der Waals surface area (Å²) < 4.78 is 11.0. The van der Waals surface area contributed by atoms with Crippen LogP contribution < -0.4 is 14.8 Å². The average molecular weight is 357 g/mol. The van der Waals surface area contributed by atoms with Gasteiger partial charge < -0.3 is 9.47 Å². The minimum Gasteiger partial charge on any atom is -0.439 e. The Bertz CT molecular complexity index is 1060. The zero-order chi connectivity index (χ0) is 18.5. The summed E-state index contributed by atoms with van der Waals surface area (Å²) in [6, 6.07) is 21.5. The van der Waals surface area contributed by atoms with Crippen molar-refractivity contribution in [2.75, 3.05) is 5.32 Å². The van der Waals surface area contributed by atoms with E-state index in [0.29, 0.717) is 28.6 Å². The summed E-state index contributed by atoms with van der Waals surface area (Å²) >= 11 is 0. The molecule has 0 aliphatic rings. The van der Waals surface area contributed by atoms with Gasteiger partial charge in [-0.3, -0.25) is 10.3 Å². The van der Waals surface area contributed by atoms with Crippen LogP contribution in [0.2, 0.25) is 0 Å². The number of benzene rings is 2. The van der Waals surface area contributed by atoms with Crippen molar-refractivity contribution < 1.29 is 14.3 Å². The summed E-state index contributed by atoms with van der Waals surface area (Å²) in [7, 11) is 0. The molecular weight excluding hydrogens is 342 g/mol. The maximum atomic E-state index is 12.2. The van der Waals surface area contributed by atoms with Crippen molar-refractivity contribution in [3.63, 3.8) is 0 Å². The van der Waals surface area contributed by atoms with Gasteiger partial charge >= 0.3 is 6.09 Å². The van der Waals surface area contributed by atoms with Crippen LogP contribution in [0, 0.1) is 0 Å². The van der Waals surface area contributed by atoms with Gasteiger partial charge in [-0.15, -0.1) is 0 Å². The summed E-state index contributed by atoms with van der Waals surface area (Å²) in [5.41, 5.74) is 1.22. The van der Waals surface area contributed by atoms with Crippen molar-refractivity contribution in [2.45, 2.75) is 0 Å². The number of carbonyl (C=O) groups is 1. The molecule has 0 fully saturated rings. The van der Waals surface area contributed by atoms with E-state index in [2.05, 4.69) is 15.3 Å².